The summed E-state index contributed by atoms with van der Waals surface area (Å²) in [5.74, 6) is -1.87. The summed E-state index contributed by atoms with van der Waals surface area (Å²) in [6.07, 6.45) is 1.83. The standard InChI is InChI=1S/C13H11F2NO2/c14-10-4-3-9(8-11(10)15)5-6-16-13(17)12-2-1-7-18-12/h1-4,7-8H,5-6H2,(H,16,17). The molecule has 0 radical (unpaired) electrons. The number of hydrogen-bond donors (Lipinski definition) is 1. The summed E-state index contributed by atoms with van der Waals surface area (Å²) in [5, 5.41) is 2.62. The second-order valence-electron chi connectivity index (χ2n) is 3.73. The Kier molecular flexibility index (Phi) is 3.72. The van der Waals surface area contributed by atoms with Crippen LogP contribution < -0.4 is 5.32 Å². The Morgan fingerprint density at radius 2 is 2.06 bits per heavy atom. The van der Waals surface area contributed by atoms with E-state index in [2.05, 4.69) is 5.32 Å². The van der Waals surface area contributed by atoms with Crippen LogP contribution in [0.1, 0.15) is 16.1 Å². The van der Waals surface area contributed by atoms with Gasteiger partial charge >= 0.3 is 0 Å². The fraction of sp³-hybridized carbons (Fsp3) is 0.154. The van der Waals surface area contributed by atoms with Gasteiger partial charge in [-0.2, -0.15) is 0 Å². The van der Waals surface area contributed by atoms with Crippen molar-refractivity contribution in [3.8, 4) is 0 Å². The molecule has 0 bridgehead atoms. The van der Waals surface area contributed by atoms with Gasteiger partial charge in [-0.15, -0.1) is 0 Å². The molecule has 1 aromatic carbocycles. The zero-order valence-electron chi connectivity index (χ0n) is 9.45. The maximum atomic E-state index is 12.9. The van der Waals surface area contributed by atoms with Gasteiger partial charge in [0.05, 0.1) is 6.26 Å². The van der Waals surface area contributed by atoms with Crippen LogP contribution in [0.2, 0.25) is 0 Å². The number of amides is 1. The zero-order valence-corrected chi connectivity index (χ0v) is 9.45. The lowest BCUT2D eigenvalue weighted by atomic mass is 10.1. The largest absolute Gasteiger partial charge is 0.459 e. The first-order valence-corrected chi connectivity index (χ1v) is 5.42. The maximum Gasteiger partial charge on any atom is 0.286 e. The van der Waals surface area contributed by atoms with Crippen LogP contribution in [0.4, 0.5) is 8.78 Å². The number of rotatable bonds is 4. The first-order valence-electron chi connectivity index (χ1n) is 5.42. The van der Waals surface area contributed by atoms with Crippen molar-refractivity contribution in [3.63, 3.8) is 0 Å². The van der Waals surface area contributed by atoms with Crippen molar-refractivity contribution >= 4 is 5.91 Å². The van der Waals surface area contributed by atoms with E-state index in [1.165, 1.54) is 12.3 Å². The van der Waals surface area contributed by atoms with Crippen LogP contribution in [0.5, 0.6) is 0 Å². The van der Waals surface area contributed by atoms with Gasteiger partial charge in [0, 0.05) is 6.54 Å². The lowest BCUT2D eigenvalue weighted by Gasteiger charge is -2.04. The Morgan fingerprint density at radius 3 is 2.72 bits per heavy atom. The molecule has 0 saturated heterocycles. The van der Waals surface area contributed by atoms with E-state index in [4.69, 9.17) is 4.42 Å². The third-order valence-corrected chi connectivity index (χ3v) is 2.43. The third-order valence-electron chi connectivity index (χ3n) is 2.43. The van der Waals surface area contributed by atoms with Crippen molar-refractivity contribution in [2.75, 3.05) is 6.54 Å². The van der Waals surface area contributed by atoms with Crippen LogP contribution in [-0.2, 0) is 6.42 Å². The number of halogens is 2. The minimum atomic E-state index is -0.884. The lowest BCUT2D eigenvalue weighted by molar-refractivity contribution is 0.0926. The quantitative estimate of drug-likeness (QED) is 0.907. The van der Waals surface area contributed by atoms with E-state index in [1.54, 1.807) is 12.1 Å². The van der Waals surface area contributed by atoms with Gasteiger partial charge in [0.1, 0.15) is 0 Å². The van der Waals surface area contributed by atoms with Crippen LogP contribution >= 0.6 is 0 Å². The highest BCUT2D eigenvalue weighted by Gasteiger charge is 2.07. The van der Waals surface area contributed by atoms with Gasteiger partial charge < -0.3 is 9.73 Å². The number of furan rings is 1. The van der Waals surface area contributed by atoms with Gasteiger partial charge in [-0.25, -0.2) is 8.78 Å². The monoisotopic (exact) mass is 251 g/mol. The van der Waals surface area contributed by atoms with Gasteiger partial charge in [0.2, 0.25) is 0 Å². The molecule has 0 spiro atoms. The molecule has 2 aromatic rings. The summed E-state index contributed by atoms with van der Waals surface area (Å²) in [6.45, 7) is 0.324. The average molecular weight is 251 g/mol. The summed E-state index contributed by atoms with van der Waals surface area (Å²) in [6, 6.07) is 6.84. The van der Waals surface area contributed by atoms with Crippen LogP contribution in [0, 0.1) is 11.6 Å². The van der Waals surface area contributed by atoms with Crippen LogP contribution in [-0.4, -0.2) is 12.5 Å². The molecule has 1 N–H and O–H groups in total. The van der Waals surface area contributed by atoms with E-state index in [9.17, 15) is 13.6 Å². The molecule has 0 atom stereocenters. The van der Waals surface area contributed by atoms with Crippen molar-refractivity contribution in [1.29, 1.82) is 0 Å². The van der Waals surface area contributed by atoms with E-state index >= 15 is 0 Å². The molecule has 0 aliphatic carbocycles. The molecular weight excluding hydrogens is 240 g/mol. The fourth-order valence-electron chi connectivity index (χ4n) is 1.51. The second-order valence-corrected chi connectivity index (χ2v) is 3.73. The second kappa shape index (κ2) is 5.44. The molecular formula is C13H11F2NO2. The Morgan fingerprint density at radius 1 is 1.22 bits per heavy atom. The lowest BCUT2D eigenvalue weighted by Crippen LogP contribution is -2.25. The molecule has 1 aromatic heterocycles. The Hall–Kier alpha value is -2.17. The van der Waals surface area contributed by atoms with Gasteiger partial charge in [-0.1, -0.05) is 6.07 Å². The highest BCUT2D eigenvalue weighted by Crippen LogP contribution is 2.09. The first-order chi connectivity index (χ1) is 8.66. The Balaban J connectivity index is 1.85. The van der Waals surface area contributed by atoms with E-state index in [0.717, 1.165) is 12.1 Å². The smallest absolute Gasteiger partial charge is 0.286 e. The van der Waals surface area contributed by atoms with Crippen molar-refractivity contribution < 1.29 is 18.0 Å². The summed E-state index contributed by atoms with van der Waals surface area (Å²) >= 11 is 0. The molecule has 0 aliphatic rings. The predicted molar refractivity (Wildman–Crippen MR) is 61.1 cm³/mol. The van der Waals surface area contributed by atoms with E-state index in [0.29, 0.717) is 18.5 Å². The highest BCUT2D eigenvalue weighted by atomic mass is 19.2. The Bertz CT molecular complexity index is 538. The normalized spacial score (nSPS) is 10.3. The van der Waals surface area contributed by atoms with E-state index in [-0.39, 0.29) is 11.7 Å². The molecule has 0 aliphatic heterocycles. The molecule has 1 amide bonds. The average Bonchev–Trinajstić information content (AvgIpc) is 2.87. The minimum absolute atomic E-state index is 0.222. The van der Waals surface area contributed by atoms with Crippen molar-refractivity contribution in [3.05, 3.63) is 59.6 Å². The van der Waals surface area contributed by atoms with Gasteiger partial charge in [0.15, 0.2) is 17.4 Å². The highest BCUT2D eigenvalue weighted by molar-refractivity contribution is 5.91. The fourth-order valence-corrected chi connectivity index (χ4v) is 1.51. The molecule has 0 saturated carbocycles. The topological polar surface area (TPSA) is 42.2 Å². The van der Waals surface area contributed by atoms with Gasteiger partial charge in [-0.3, -0.25) is 4.79 Å². The van der Waals surface area contributed by atoms with Crippen molar-refractivity contribution in [2.45, 2.75) is 6.42 Å². The van der Waals surface area contributed by atoms with Gasteiger partial charge in [-0.05, 0) is 36.2 Å². The summed E-state index contributed by atoms with van der Waals surface area (Å²) in [4.78, 5) is 11.5. The number of benzene rings is 1. The maximum absolute atomic E-state index is 12.9. The van der Waals surface area contributed by atoms with E-state index < -0.39 is 11.6 Å². The number of hydrogen-bond acceptors (Lipinski definition) is 2. The molecule has 0 unspecified atom stereocenters. The predicted octanol–water partition coefficient (Wildman–Crippen LogP) is 2.53. The molecule has 0 fully saturated rings. The number of carbonyl (C=O) groups excluding carboxylic acids is 1. The summed E-state index contributed by atoms with van der Waals surface area (Å²) in [7, 11) is 0. The SMILES string of the molecule is O=C(NCCc1ccc(F)c(F)c1)c1ccco1. The van der Waals surface area contributed by atoms with Crippen LogP contribution in [0.25, 0.3) is 0 Å². The van der Waals surface area contributed by atoms with Gasteiger partial charge in [0.25, 0.3) is 5.91 Å². The zero-order chi connectivity index (χ0) is 13.0. The number of nitrogens with one attached hydrogen (secondary N) is 1. The molecule has 2 rings (SSSR count). The summed E-state index contributed by atoms with van der Waals surface area (Å²) in [5.41, 5.74) is 0.619. The van der Waals surface area contributed by atoms with Crippen molar-refractivity contribution in [2.24, 2.45) is 0 Å². The Labute approximate surface area is 102 Å². The molecule has 3 nitrogen and oxygen atoms in total. The van der Waals surface area contributed by atoms with Crippen LogP contribution in [0.15, 0.2) is 41.0 Å². The van der Waals surface area contributed by atoms with Crippen molar-refractivity contribution in [1.82, 2.24) is 5.32 Å². The molecule has 5 heteroatoms. The number of carbonyl (C=O) groups is 1. The minimum Gasteiger partial charge on any atom is -0.459 e. The van der Waals surface area contributed by atoms with Crippen LogP contribution in [0.3, 0.4) is 0 Å². The molecule has 94 valence electrons. The molecule has 1 heterocycles. The first kappa shape index (κ1) is 12.3. The van der Waals surface area contributed by atoms with E-state index in [1.807, 2.05) is 0 Å². The summed E-state index contributed by atoms with van der Waals surface area (Å²) < 4.78 is 30.5. The molecule has 18 heavy (non-hydrogen) atoms. The third kappa shape index (κ3) is 2.94.